The molecule has 4 nitrogen and oxygen atoms in total. The topological polar surface area (TPSA) is 60.1 Å². The molecule has 0 saturated carbocycles. The third kappa shape index (κ3) is 5.54. The molecule has 1 heterocycles. The number of nitrogens with zero attached hydrogens (tertiary/aromatic N) is 1. The van der Waals surface area contributed by atoms with Gasteiger partial charge in [-0.2, -0.15) is 0 Å². The molecule has 1 rings (SSSR count). The molecule has 0 fully saturated rings. The van der Waals surface area contributed by atoms with Crippen LogP contribution in [0.25, 0.3) is 0 Å². The van der Waals surface area contributed by atoms with Crippen LogP contribution in [-0.2, 0) is 18.4 Å². The van der Waals surface area contributed by atoms with Gasteiger partial charge in [0, 0.05) is 32.4 Å². The Hall–Kier alpha value is -1.29. The summed E-state index contributed by atoms with van der Waals surface area (Å²) >= 11 is 0. The minimum Gasteiger partial charge on any atom is -0.357 e. The summed E-state index contributed by atoms with van der Waals surface area (Å²) in [7, 11) is 1.97. The first kappa shape index (κ1) is 13.8. The minimum atomic E-state index is 0.123. The van der Waals surface area contributed by atoms with Gasteiger partial charge in [-0.05, 0) is 36.9 Å². The molecule has 1 aromatic heterocycles. The summed E-state index contributed by atoms with van der Waals surface area (Å²) < 4.78 is 1.98. The van der Waals surface area contributed by atoms with Gasteiger partial charge in [0.25, 0.3) is 0 Å². The van der Waals surface area contributed by atoms with Crippen molar-refractivity contribution < 1.29 is 4.79 Å². The summed E-state index contributed by atoms with van der Waals surface area (Å²) in [6, 6.07) is 2.01. The van der Waals surface area contributed by atoms with Crippen molar-refractivity contribution in [3.63, 3.8) is 0 Å². The van der Waals surface area contributed by atoms with Crippen molar-refractivity contribution in [1.82, 2.24) is 9.88 Å². The van der Waals surface area contributed by atoms with Crippen LogP contribution in [0.4, 0.5) is 0 Å². The predicted octanol–water partition coefficient (Wildman–Crippen LogP) is 1.41. The van der Waals surface area contributed by atoms with Crippen molar-refractivity contribution >= 4 is 5.91 Å². The molecule has 0 aliphatic rings. The zero-order chi connectivity index (χ0) is 12.7. The molecule has 1 unspecified atom stereocenters. The molecule has 17 heavy (non-hydrogen) atoms. The van der Waals surface area contributed by atoms with Crippen LogP contribution < -0.4 is 11.1 Å². The largest absolute Gasteiger partial charge is 0.357 e. The summed E-state index contributed by atoms with van der Waals surface area (Å²) in [4.78, 5) is 11.6. The Kier molecular flexibility index (Phi) is 5.77. The number of hydrogen-bond acceptors (Lipinski definition) is 2. The predicted molar refractivity (Wildman–Crippen MR) is 69.3 cm³/mol. The summed E-state index contributed by atoms with van der Waals surface area (Å²) in [5.41, 5.74) is 6.60. The lowest BCUT2D eigenvalue weighted by Crippen LogP contribution is -2.23. The number of carbonyl (C=O) groups is 1. The lowest BCUT2D eigenvalue weighted by Gasteiger charge is -2.09. The van der Waals surface area contributed by atoms with E-state index in [1.54, 1.807) is 0 Å². The van der Waals surface area contributed by atoms with Crippen LogP contribution in [0, 0.1) is 5.92 Å². The molecular formula is C13H23N3O. The van der Waals surface area contributed by atoms with Crippen LogP contribution in [0.2, 0.25) is 0 Å². The Bertz CT molecular complexity index is 346. The molecule has 0 aliphatic carbocycles. The summed E-state index contributed by atoms with van der Waals surface area (Å²) in [6.45, 7) is 3.45. The van der Waals surface area contributed by atoms with Gasteiger partial charge in [0.15, 0.2) is 0 Å². The second-order valence-electron chi connectivity index (χ2n) is 4.68. The monoisotopic (exact) mass is 237 g/mol. The Labute approximate surface area is 103 Å². The molecule has 0 aromatic carbocycles. The smallest absolute Gasteiger partial charge is 0.220 e. The van der Waals surface area contributed by atoms with Gasteiger partial charge >= 0.3 is 0 Å². The number of hydrogen-bond donors (Lipinski definition) is 2. The van der Waals surface area contributed by atoms with Crippen molar-refractivity contribution in [2.24, 2.45) is 18.7 Å². The fourth-order valence-corrected chi connectivity index (χ4v) is 1.76. The number of nitrogens with two attached hydrogens (primary N) is 1. The molecule has 0 aliphatic heterocycles. The molecule has 3 N–H and O–H groups in total. The highest BCUT2D eigenvalue weighted by atomic mass is 16.1. The van der Waals surface area contributed by atoms with Crippen LogP contribution in [0.15, 0.2) is 18.5 Å². The maximum Gasteiger partial charge on any atom is 0.220 e. The third-order valence-corrected chi connectivity index (χ3v) is 2.91. The molecule has 0 saturated heterocycles. The molecule has 0 spiro atoms. The molecule has 1 amide bonds. The van der Waals surface area contributed by atoms with Gasteiger partial charge in [-0.15, -0.1) is 0 Å². The van der Waals surface area contributed by atoms with Crippen LogP contribution in [-0.4, -0.2) is 17.0 Å². The van der Waals surface area contributed by atoms with Crippen molar-refractivity contribution in [1.29, 1.82) is 0 Å². The fraction of sp³-hybridized carbons (Fsp3) is 0.615. The highest BCUT2D eigenvalue weighted by Crippen LogP contribution is 2.08. The van der Waals surface area contributed by atoms with Crippen molar-refractivity contribution in [3.8, 4) is 0 Å². The second kappa shape index (κ2) is 7.12. The van der Waals surface area contributed by atoms with E-state index in [-0.39, 0.29) is 5.91 Å². The molecule has 1 aromatic rings. The molecule has 96 valence electrons. The van der Waals surface area contributed by atoms with E-state index in [1.807, 2.05) is 30.1 Å². The average Bonchev–Trinajstić information content (AvgIpc) is 2.70. The molecule has 0 radical (unpaired) electrons. The molecule has 0 bridgehead atoms. The summed E-state index contributed by atoms with van der Waals surface area (Å²) in [6.07, 6.45) is 6.49. The van der Waals surface area contributed by atoms with E-state index in [0.717, 1.165) is 18.4 Å². The Morgan fingerprint density at radius 1 is 1.53 bits per heavy atom. The quantitative estimate of drug-likeness (QED) is 0.753. The van der Waals surface area contributed by atoms with Gasteiger partial charge in [0.2, 0.25) is 5.91 Å². The van der Waals surface area contributed by atoms with Crippen LogP contribution in [0.3, 0.4) is 0 Å². The van der Waals surface area contributed by atoms with Crippen molar-refractivity contribution in [3.05, 3.63) is 24.0 Å². The highest BCUT2D eigenvalue weighted by Gasteiger charge is 2.06. The first-order chi connectivity index (χ1) is 8.11. The number of carbonyl (C=O) groups excluding carboxylic acids is 1. The lowest BCUT2D eigenvalue weighted by atomic mass is 10.0. The fourth-order valence-electron chi connectivity index (χ4n) is 1.76. The first-order valence-electron chi connectivity index (χ1n) is 6.19. The Morgan fingerprint density at radius 2 is 2.29 bits per heavy atom. The van der Waals surface area contributed by atoms with Gasteiger partial charge in [-0.1, -0.05) is 6.92 Å². The standard InChI is InChI=1S/C13H23N3O/c1-11(5-7-14)3-4-13(17)15-9-12-6-8-16(2)10-12/h6,8,10-11H,3-5,7,9,14H2,1-2H3,(H,15,17). The second-order valence-corrected chi connectivity index (χ2v) is 4.68. The molecule has 1 atom stereocenters. The highest BCUT2D eigenvalue weighted by molar-refractivity contribution is 5.75. The Morgan fingerprint density at radius 3 is 2.88 bits per heavy atom. The van der Waals surface area contributed by atoms with Gasteiger partial charge in [0.1, 0.15) is 0 Å². The SMILES string of the molecule is CC(CCN)CCC(=O)NCc1ccn(C)c1. The number of aryl methyl sites for hydroxylation is 1. The average molecular weight is 237 g/mol. The van der Waals surface area contributed by atoms with E-state index in [0.29, 0.717) is 25.4 Å². The van der Waals surface area contributed by atoms with Gasteiger partial charge in [-0.25, -0.2) is 0 Å². The van der Waals surface area contributed by atoms with E-state index >= 15 is 0 Å². The maximum absolute atomic E-state index is 11.6. The van der Waals surface area contributed by atoms with Gasteiger partial charge < -0.3 is 15.6 Å². The lowest BCUT2D eigenvalue weighted by molar-refractivity contribution is -0.121. The maximum atomic E-state index is 11.6. The van der Waals surface area contributed by atoms with E-state index in [4.69, 9.17) is 5.73 Å². The number of rotatable bonds is 7. The number of nitrogens with one attached hydrogen (secondary N) is 1. The summed E-state index contributed by atoms with van der Waals surface area (Å²) in [5.74, 6) is 0.653. The van der Waals surface area contributed by atoms with E-state index in [2.05, 4.69) is 12.2 Å². The summed E-state index contributed by atoms with van der Waals surface area (Å²) in [5, 5.41) is 2.93. The Balaban J connectivity index is 2.17. The van der Waals surface area contributed by atoms with E-state index in [9.17, 15) is 4.79 Å². The third-order valence-electron chi connectivity index (χ3n) is 2.91. The molecule has 4 heteroatoms. The number of aromatic nitrogens is 1. The van der Waals surface area contributed by atoms with E-state index in [1.165, 1.54) is 0 Å². The zero-order valence-electron chi connectivity index (χ0n) is 10.8. The first-order valence-corrected chi connectivity index (χ1v) is 6.19. The minimum absolute atomic E-state index is 0.123. The van der Waals surface area contributed by atoms with Crippen molar-refractivity contribution in [2.75, 3.05) is 6.54 Å². The van der Waals surface area contributed by atoms with Crippen molar-refractivity contribution in [2.45, 2.75) is 32.7 Å². The van der Waals surface area contributed by atoms with Crippen LogP contribution in [0.1, 0.15) is 31.7 Å². The van der Waals surface area contributed by atoms with E-state index < -0.39 is 0 Å². The van der Waals surface area contributed by atoms with Gasteiger partial charge in [-0.3, -0.25) is 4.79 Å². The van der Waals surface area contributed by atoms with Crippen LogP contribution >= 0.6 is 0 Å². The zero-order valence-corrected chi connectivity index (χ0v) is 10.8. The van der Waals surface area contributed by atoms with Gasteiger partial charge in [0.05, 0.1) is 0 Å². The number of amides is 1. The normalized spacial score (nSPS) is 12.4. The van der Waals surface area contributed by atoms with Crippen LogP contribution in [0.5, 0.6) is 0 Å². The molecular weight excluding hydrogens is 214 g/mol.